The fraction of sp³-hybridized carbons (Fsp3) is 0.263. The maximum Gasteiger partial charge on any atom is 0.270 e. The van der Waals surface area contributed by atoms with E-state index in [1.165, 1.54) is 18.2 Å². The van der Waals surface area contributed by atoms with Crippen molar-refractivity contribution in [3.63, 3.8) is 0 Å². The number of hydrogen-bond acceptors (Lipinski definition) is 6. The largest absolute Gasteiger partial charge is 0.457 e. The number of halogens is 1. The fourth-order valence-corrected chi connectivity index (χ4v) is 3.35. The van der Waals surface area contributed by atoms with Gasteiger partial charge >= 0.3 is 0 Å². The van der Waals surface area contributed by atoms with Gasteiger partial charge in [-0.3, -0.25) is 14.9 Å². The lowest BCUT2D eigenvalue weighted by atomic mass is 10.1. The Balaban J connectivity index is 1.73. The summed E-state index contributed by atoms with van der Waals surface area (Å²) in [6, 6.07) is 9.47. The summed E-state index contributed by atoms with van der Waals surface area (Å²) in [7, 11) is 0. The number of rotatable bonds is 6. The van der Waals surface area contributed by atoms with Gasteiger partial charge in [0.25, 0.3) is 11.6 Å². The van der Waals surface area contributed by atoms with Crippen molar-refractivity contribution in [1.29, 1.82) is 5.26 Å². The van der Waals surface area contributed by atoms with Crippen molar-refractivity contribution in [2.24, 2.45) is 0 Å². The van der Waals surface area contributed by atoms with Gasteiger partial charge in [0.2, 0.25) is 0 Å². The van der Waals surface area contributed by atoms with E-state index < -0.39 is 10.8 Å². The number of benzene rings is 1. The third-order valence-corrected chi connectivity index (χ3v) is 4.88. The van der Waals surface area contributed by atoms with Crippen LogP contribution in [0.25, 0.3) is 17.4 Å². The molecule has 1 saturated heterocycles. The van der Waals surface area contributed by atoms with E-state index in [1.807, 2.05) is 6.07 Å². The number of ether oxygens (including phenoxy) is 1. The molecule has 1 amide bonds. The molecule has 0 saturated carbocycles. The Hall–Kier alpha value is -2.96. The van der Waals surface area contributed by atoms with Gasteiger partial charge in [-0.05, 0) is 47.0 Å². The number of amides is 1. The Morgan fingerprint density at radius 2 is 2.25 bits per heavy atom. The number of nitro groups is 1. The van der Waals surface area contributed by atoms with Crippen LogP contribution in [0.3, 0.4) is 0 Å². The number of furan rings is 1. The van der Waals surface area contributed by atoms with Crippen LogP contribution in [0, 0.1) is 21.4 Å². The van der Waals surface area contributed by atoms with Crippen molar-refractivity contribution in [1.82, 2.24) is 5.32 Å². The van der Waals surface area contributed by atoms with E-state index >= 15 is 0 Å². The molecule has 8 nitrogen and oxygen atoms in total. The maximum absolute atomic E-state index is 12.2. The van der Waals surface area contributed by atoms with E-state index in [1.54, 1.807) is 18.2 Å². The molecular weight excluding hydrogens is 430 g/mol. The Bertz CT molecular complexity index is 970. The Kier molecular flexibility index (Phi) is 6.23. The first-order valence-corrected chi connectivity index (χ1v) is 9.33. The highest BCUT2D eigenvalue weighted by Gasteiger charge is 2.18. The second-order valence-corrected chi connectivity index (χ2v) is 6.99. The molecule has 28 heavy (non-hydrogen) atoms. The fourth-order valence-electron chi connectivity index (χ4n) is 2.79. The molecule has 1 aromatic heterocycles. The lowest BCUT2D eigenvalue weighted by Gasteiger charge is -2.09. The van der Waals surface area contributed by atoms with Gasteiger partial charge in [0.1, 0.15) is 23.2 Å². The summed E-state index contributed by atoms with van der Waals surface area (Å²) in [6.45, 7) is 1.05. The van der Waals surface area contributed by atoms with Crippen LogP contribution in [0.2, 0.25) is 0 Å². The van der Waals surface area contributed by atoms with E-state index in [4.69, 9.17) is 9.15 Å². The Morgan fingerprint density at radius 3 is 2.89 bits per heavy atom. The topological polar surface area (TPSA) is 118 Å². The van der Waals surface area contributed by atoms with Crippen LogP contribution < -0.4 is 5.32 Å². The smallest absolute Gasteiger partial charge is 0.270 e. The summed E-state index contributed by atoms with van der Waals surface area (Å²) in [5.41, 5.74) is 0.491. The summed E-state index contributed by atoms with van der Waals surface area (Å²) in [4.78, 5) is 22.5. The molecule has 1 aliphatic heterocycles. The second-order valence-electron chi connectivity index (χ2n) is 6.14. The van der Waals surface area contributed by atoms with Gasteiger partial charge in [0, 0.05) is 41.4 Å². The number of hydrogen-bond donors (Lipinski definition) is 1. The number of non-ortho nitro benzene ring substituents is 1. The SMILES string of the molecule is N#C/C(=C\c1ccc(-c2ccc([N+](=O)[O-])cc2Br)o1)C(=O)NC[C@H]1CCCO1. The number of nitriles is 1. The first-order valence-electron chi connectivity index (χ1n) is 8.53. The molecule has 2 aromatic rings. The number of nitrogens with zero attached hydrogens (tertiary/aromatic N) is 2. The zero-order chi connectivity index (χ0) is 20.1. The van der Waals surface area contributed by atoms with Crippen molar-refractivity contribution >= 4 is 33.6 Å². The summed E-state index contributed by atoms with van der Waals surface area (Å²) in [5, 5.41) is 22.8. The van der Waals surface area contributed by atoms with Crippen LogP contribution in [-0.2, 0) is 9.53 Å². The van der Waals surface area contributed by atoms with Gasteiger partial charge in [0.05, 0.1) is 11.0 Å². The highest BCUT2D eigenvalue weighted by atomic mass is 79.9. The monoisotopic (exact) mass is 445 g/mol. The highest BCUT2D eigenvalue weighted by molar-refractivity contribution is 9.10. The molecule has 9 heteroatoms. The van der Waals surface area contributed by atoms with Crippen molar-refractivity contribution < 1.29 is 18.9 Å². The average molecular weight is 446 g/mol. The zero-order valence-electron chi connectivity index (χ0n) is 14.7. The Morgan fingerprint density at radius 1 is 1.43 bits per heavy atom. The van der Waals surface area contributed by atoms with Crippen LogP contribution >= 0.6 is 15.9 Å². The minimum Gasteiger partial charge on any atom is -0.457 e. The summed E-state index contributed by atoms with van der Waals surface area (Å²) in [5.74, 6) is 0.279. The van der Waals surface area contributed by atoms with Crippen molar-refractivity contribution in [3.05, 3.63) is 56.3 Å². The van der Waals surface area contributed by atoms with Crippen molar-refractivity contribution in [3.8, 4) is 17.4 Å². The standard InChI is InChI=1S/C19H16BrN3O5/c20-17-9-13(23(25)26)3-5-16(17)18-6-4-14(28-18)8-12(10-21)19(24)22-11-15-2-1-7-27-15/h3-6,8-9,15H,1-2,7,11H2,(H,22,24)/b12-8+/t15-/m1/s1. The van der Waals surface area contributed by atoms with E-state index in [-0.39, 0.29) is 17.4 Å². The molecule has 144 valence electrons. The minimum atomic E-state index is -0.493. The molecule has 1 aliphatic rings. The quantitative estimate of drug-likeness (QED) is 0.312. The number of carbonyl (C=O) groups is 1. The summed E-state index contributed by atoms with van der Waals surface area (Å²) >= 11 is 3.29. The summed E-state index contributed by atoms with van der Waals surface area (Å²) in [6.07, 6.45) is 3.19. The van der Waals surface area contributed by atoms with Crippen molar-refractivity contribution in [2.75, 3.05) is 13.2 Å². The molecule has 1 atom stereocenters. The predicted molar refractivity (Wildman–Crippen MR) is 104 cm³/mol. The lowest BCUT2D eigenvalue weighted by molar-refractivity contribution is -0.384. The number of nitrogens with one attached hydrogen (secondary N) is 1. The minimum absolute atomic E-state index is 0.0152. The molecular formula is C19H16BrN3O5. The lowest BCUT2D eigenvalue weighted by Crippen LogP contribution is -2.32. The molecule has 2 heterocycles. The van der Waals surface area contributed by atoms with Crippen molar-refractivity contribution in [2.45, 2.75) is 18.9 Å². The van der Waals surface area contributed by atoms with Crippen LogP contribution in [-0.4, -0.2) is 30.1 Å². The van der Waals surface area contributed by atoms with Gasteiger partial charge in [0.15, 0.2) is 0 Å². The van der Waals surface area contributed by atoms with Crippen LogP contribution in [0.4, 0.5) is 5.69 Å². The highest BCUT2D eigenvalue weighted by Crippen LogP contribution is 2.33. The first-order chi connectivity index (χ1) is 13.5. The second kappa shape index (κ2) is 8.82. The third-order valence-electron chi connectivity index (χ3n) is 4.22. The molecule has 1 aromatic carbocycles. The molecule has 0 aliphatic carbocycles. The first kappa shape index (κ1) is 19.8. The van der Waals surface area contributed by atoms with E-state index in [9.17, 15) is 20.2 Å². The zero-order valence-corrected chi connectivity index (χ0v) is 16.3. The molecule has 0 unspecified atom stereocenters. The Labute approximate surface area is 169 Å². The number of nitro benzene ring substituents is 1. The molecule has 0 bridgehead atoms. The molecule has 1 fully saturated rings. The van der Waals surface area contributed by atoms with Crippen LogP contribution in [0.1, 0.15) is 18.6 Å². The van der Waals surface area contributed by atoms with Gasteiger partial charge in [-0.2, -0.15) is 5.26 Å². The normalized spacial score (nSPS) is 16.6. The number of carbonyl (C=O) groups excluding carboxylic acids is 1. The maximum atomic E-state index is 12.2. The van der Waals surface area contributed by atoms with E-state index in [0.29, 0.717) is 34.7 Å². The predicted octanol–water partition coefficient (Wildman–Crippen LogP) is 3.82. The molecule has 0 radical (unpaired) electrons. The van der Waals surface area contributed by atoms with Gasteiger partial charge in [-0.15, -0.1) is 0 Å². The molecule has 0 spiro atoms. The average Bonchev–Trinajstić information content (AvgIpc) is 3.36. The van der Waals surface area contributed by atoms with Crippen LogP contribution in [0.15, 0.2) is 44.8 Å². The molecule has 1 N–H and O–H groups in total. The third kappa shape index (κ3) is 4.65. The molecule has 3 rings (SSSR count). The van der Waals surface area contributed by atoms with Gasteiger partial charge < -0.3 is 14.5 Å². The van der Waals surface area contributed by atoms with Gasteiger partial charge in [-0.1, -0.05) is 0 Å². The summed E-state index contributed by atoms with van der Waals surface area (Å²) < 4.78 is 11.6. The van der Waals surface area contributed by atoms with E-state index in [0.717, 1.165) is 12.8 Å². The van der Waals surface area contributed by atoms with Gasteiger partial charge in [-0.25, -0.2) is 0 Å². The van der Waals surface area contributed by atoms with E-state index in [2.05, 4.69) is 21.2 Å². The van der Waals surface area contributed by atoms with Crippen LogP contribution in [0.5, 0.6) is 0 Å².